The first kappa shape index (κ1) is 18.0. The number of sulfonamides is 1. The van der Waals surface area contributed by atoms with Crippen LogP contribution < -0.4 is 14.9 Å². The van der Waals surface area contributed by atoms with Crippen LogP contribution in [0, 0.1) is 0 Å². The van der Waals surface area contributed by atoms with Crippen molar-refractivity contribution >= 4 is 39.7 Å². The normalized spacial score (nSPS) is 23.1. The Morgan fingerprint density at radius 1 is 1.30 bits per heavy atom. The first-order valence-electron chi connectivity index (χ1n) is 7.29. The summed E-state index contributed by atoms with van der Waals surface area (Å²) in [7, 11) is -3.17. The molecule has 0 aromatic heterocycles. The summed E-state index contributed by atoms with van der Waals surface area (Å²) in [6.45, 7) is 2.14. The van der Waals surface area contributed by atoms with Gasteiger partial charge in [-0.2, -0.15) is 0 Å². The van der Waals surface area contributed by atoms with Crippen molar-refractivity contribution < 1.29 is 17.9 Å². The van der Waals surface area contributed by atoms with E-state index in [0.717, 1.165) is 0 Å². The topological polar surface area (TPSA) is 87.7 Å². The fourth-order valence-electron chi connectivity index (χ4n) is 2.60. The predicted octanol–water partition coefficient (Wildman–Crippen LogP) is 0.575. The molecule has 0 radical (unpaired) electrons. The molecule has 2 aliphatic rings. The number of carbonyl (C=O) groups excluding carboxylic acids is 1. The first-order valence-corrected chi connectivity index (χ1v) is 8.90. The van der Waals surface area contributed by atoms with E-state index >= 15 is 0 Å². The van der Waals surface area contributed by atoms with Crippen molar-refractivity contribution in [3.05, 3.63) is 24.3 Å². The third-order valence-corrected chi connectivity index (χ3v) is 5.63. The average molecular weight is 362 g/mol. The number of nitrogens with zero attached hydrogens (tertiary/aromatic N) is 1. The van der Waals surface area contributed by atoms with Crippen LogP contribution in [-0.4, -0.2) is 52.4 Å². The van der Waals surface area contributed by atoms with Crippen molar-refractivity contribution in [3.8, 4) is 0 Å². The van der Waals surface area contributed by atoms with Crippen LogP contribution in [-0.2, 0) is 19.6 Å². The molecule has 1 atom stereocenters. The molecule has 3 rings (SSSR count). The molecule has 2 heterocycles. The summed E-state index contributed by atoms with van der Waals surface area (Å²) in [5, 5.41) is 5.88. The number of rotatable bonds is 3. The van der Waals surface area contributed by atoms with E-state index in [-0.39, 0.29) is 30.1 Å². The van der Waals surface area contributed by atoms with Crippen LogP contribution in [0.4, 0.5) is 11.4 Å². The summed E-state index contributed by atoms with van der Waals surface area (Å²) in [5.74, 6) is 0.0417. The number of anilines is 2. The van der Waals surface area contributed by atoms with Gasteiger partial charge in [-0.25, -0.2) is 8.42 Å². The zero-order chi connectivity index (χ0) is 15.6. The lowest BCUT2D eigenvalue weighted by Gasteiger charge is -2.23. The van der Waals surface area contributed by atoms with Gasteiger partial charge in [-0.15, -0.1) is 12.4 Å². The monoisotopic (exact) mass is 361 g/mol. The minimum absolute atomic E-state index is 0. The quantitative estimate of drug-likeness (QED) is 0.822. The van der Waals surface area contributed by atoms with Crippen molar-refractivity contribution in [2.24, 2.45) is 0 Å². The standard InChI is InChI=1S/C14H19N3O4S.ClH/c18-14(13-10-21-8-6-15-13)16-11-2-4-12(5-3-11)17-7-1-9-22(17,19)20;/h2-5,13,15H,1,6-10H2,(H,16,18);1H. The Bertz CT molecular complexity index is 644. The zero-order valence-corrected chi connectivity index (χ0v) is 14.2. The number of hydrogen-bond donors (Lipinski definition) is 2. The molecule has 0 saturated carbocycles. The Morgan fingerprint density at radius 3 is 2.61 bits per heavy atom. The van der Waals surface area contributed by atoms with E-state index in [2.05, 4.69) is 10.6 Å². The van der Waals surface area contributed by atoms with Gasteiger partial charge in [0.15, 0.2) is 0 Å². The highest BCUT2D eigenvalue weighted by Crippen LogP contribution is 2.25. The summed E-state index contributed by atoms with van der Waals surface area (Å²) in [4.78, 5) is 12.1. The van der Waals surface area contributed by atoms with Gasteiger partial charge in [0.2, 0.25) is 15.9 Å². The van der Waals surface area contributed by atoms with Crippen LogP contribution in [0.25, 0.3) is 0 Å². The van der Waals surface area contributed by atoms with Crippen LogP contribution in [0.3, 0.4) is 0 Å². The van der Waals surface area contributed by atoms with E-state index in [1.165, 1.54) is 4.31 Å². The number of benzene rings is 1. The first-order chi connectivity index (χ1) is 10.6. The number of carbonyl (C=O) groups is 1. The second-order valence-electron chi connectivity index (χ2n) is 5.36. The molecule has 9 heteroatoms. The smallest absolute Gasteiger partial charge is 0.243 e. The molecule has 0 spiro atoms. The van der Waals surface area contributed by atoms with Crippen LogP contribution in [0.2, 0.25) is 0 Å². The van der Waals surface area contributed by atoms with E-state index in [9.17, 15) is 13.2 Å². The Morgan fingerprint density at radius 2 is 2.04 bits per heavy atom. The van der Waals surface area contributed by atoms with E-state index < -0.39 is 10.0 Å². The fourth-order valence-corrected chi connectivity index (χ4v) is 4.17. The summed E-state index contributed by atoms with van der Waals surface area (Å²) in [6.07, 6.45) is 0.647. The fraction of sp³-hybridized carbons (Fsp3) is 0.500. The van der Waals surface area contributed by atoms with Crippen LogP contribution in [0.15, 0.2) is 24.3 Å². The zero-order valence-electron chi connectivity index (χ0n) is 12.5. The molecule has 2 N–H and O–H groups in total. The number of morpholine rings is 1. The number of nitrogens with one attached hydrogen (secondary N) is 2. The number of hydrogen-bond acceptors (Lipinski definition) is 5. The molecule has 0 bridgehead atoms. The molecule has 2 saturated heterocycles. The molecular formula is C14H20ClN3O4S. The molecule has 2 aliphatic heterocycles. The van der Waals surface area contributed by atoms with E-state index in [1.54, 1.807) is 24.3 Å². The Balaban J connectivity index is 0.00000192. The number of ether oxygens (including phenoxy) is 1. The van der Waals surface area contributed by atoms with Crippen molar-refractivity contribution in [1.82, 2.24) is 5.32 Å². The largest absolute Gasteiger partial charge is 0.378 e. The highest BCUT2D eigenvalue weighted by molar-refractivity contribution is 7.93. The SMILES string of the molecule is Cl.O=C(Nc1ccc(N2CCCS2(=O)=O)cc1)C1COCCN1. The molecular weight excluding hydrogens is 342 g/mol. The van der Waals surface area contributed by atoms with Gasteiger partial charge in [0.25, 0.3) is 0 Å². The lowest BCUT2D eigenvalue weighted by atomic mass is 10.2. The van der Waals surface area contributed by atoms with Crippen molar-refractivity contribution in [2.75, 3.05) is 41.7 Å². The third-order valence-electron chi connectivity index (χ3n) is 3.76. The lowest BCUT2D eigenvalue weighted by Crippen LogP contribution is -2.48. The number of halogens is 1. The van der Waals surface area contributed by atoms with Gasteiger partial charge in [-0.3, -0.25) is 9.10 Å². The maximum absolute atomic E-state index is 12.1. The van der Waals surface area contributed by atoms with E-state index in [4.69, 9.17) is 4.74 Å². The van der Waals surface area contributed by atoms with E-state index in [1.807, 2.05) is 0 Å². The minimum Gasteiger partial charge on any atom is -0.378 e. The Hall–Kier alpha value is -1.35. The highest BCUT2D eigenvalue weighted by Gasteiger charge is 2.28. The van der Waals surface area contributed by atoms with Gasteiger partial charge in [-0.1, -0.05) is 0 Å². The molecule has 128 valence electrons. The highest BCUT2D eigenvalue weighted by atomic mass is 35.5. The van der Waals surface area contributed by atoms with Gasteiger partial charge in [-0.05, 0) is 30.7 Å². The maximum Gasteiger partial charge on any atom is 0.243 e. The van der Waals surface area contributed by atoms with Gasteiger partial charge >= 0.3 is 0 Å². The van der Waals surface area contributed by atoms with Crippen LogP contribution >= 0.6 is 12.4 Å². The van der Waals surface area contributed by atoms with Gasteiger partial charge < -0.3 is 15.4 Å². The number of amides is 1. The molecule has 1 aromatic carbocycles. The van der Waals surface area contributed by atoms with Crippen molar-refractivity contribution in [2.45, 2.75) is 12.5 Å². The Kier molecular flexibility index (Phi) is 5.85. The molecule has 1 aromatic rings. The molecule has 1 unspecified atom stereocenters. The molecule has 0 aliphatic carbocycles. The summed E-state index contributed by atoms with van der Waals surface area (Å²) in [6, 6.07) is 6.50. The molecule has 7 nitrogen and oxygen atoms in total. The molecule has 2 fully saturated rings. The second-order valence-corrected chi connectivity index (χ2v) is 7.37. The van der Waals surface area contributed by atoms with Crippen LogP contribution in [0.1, 0.15) is 6.42 Å². The minimum atomic E-state index is -3.17. The summed E-state index contributed by atoms with van der Waals surface area (Å²) in [5.41, 5.74) is 1.27. The average Bonchev–Trinajstić information content (AvgIpc) is 2.88. The van der Waals surface area contributed by atoms with Crippen LogP contribution in [0.5, 0.6) is 0 Å². The second kappa shape index (κ2) is 7.48. The van der Waals surface area contributed by atoms with Gasteiger partial charge in [0.1, 0.15) is 6.04 Å². The summed E-state index contributed by atoms with van der Waals surface area (Å²) >= 11 is 0. The predicted molar refractivity (Wildman–Crippen MR) is 90.7 cm³/mol. The molecule has 23 heavy (non-hydrogen) atoms. The van der Waals surface area contributed by atoms with Gasteiger partial charge in [0, 0.05) is 18.8 Å². The lowest BCUT2D eigenvalue weighted by molar-refractivity contribution is -0.120. The van der Waals surface area contributed by atoms with Gasteiger partial charge in [0.05, 0.1) is 24.7 Å². The molecule has 1 amide bonds. The third kappa shape index (κ3) is 4.14. The van der Waals surface area contributed by atoms with Crippen molar-refractivity contribution in [1.29, 1.82) is 0 Å². The maximum atomic E-state index is 12.1. The van der Waals surface area contributed by atoms with E-state index in [0.29, 0.717) is 44.1 Å². The Labute approximate surface area is 141 Å². The van der Waals surface area contributed by atoms with Crippen molar-refractivity contribution in [3.63, 3.8) is 0 Å². The summed E-state index contributed by atoms with van der Waals surface area (Å²) < 4.78 is 30.4.